The number of rotatable bonds is 4. The van der Waals surface area contributed by atoms with Crippen LogP contribution in [-0.4, -0.2) is 30.6 Å². The highest BCUT2D eigenvalue weighted by Gasteiger charge is 2.37. The lowest BCUT2D eigenvalue weighted by Gasteiger charge is -2.36. The molecule has 2 nitrogen and oxygen atoms in total. The molecule has 0 radical (unpaired) electrons. The number of hydrogen-bond acceptors (Lipinski definition) is 2. The highest BCUT2D eigenvalue weighted by Crippen LogP contribution is 2.37. The van der Waals surface area contributed by atoms with Gasteiger partial charge in [0.15, 0.2) is 0 Å². The summed E-state index contributed by atoms with van der Waals surface area (Å²) >= 11 is 6.04. The Morgan fingerprint density at radius 1 is 1.30 bits per heavy atom. The normalized spacial score (nSPS) is 29.9. The monoisotopic (exact) mass is 296 g/mol. The van der Waals surface area contributed by atoms with Crippen LogP contribution < -0.4 is 5.32 Å². The first-order valence-electron chi connectivity index (χ1n) is 7.50. The summed E-state index contributed by atoms with van der Waals surface area (Å²) in [6.45, 7) is 1.76. The zero-order valence-electron chi connectivity index (χ0n) is 11.9. The minimum Gasteiger partial charge on any atom is -0.312 e. The summed E-state index contributed by atoms with van der Waals surface area (Å²) in [6.07, 6.45) is 5.33. The van der Waals surface area contributed by atoms with Crippen molar-refractivity contribution in [1.29, 1.82) is 0 Å². The van der Waals surface area contributed by atoms with Crippen LogP contribution in [-0.2, 0) is 6.54 Å². The van der Waals surface area contributed by atoms with Gasteiger partial charge >= 0.3 is 0 Å². The fraction of sp³-hybridized carbons (Fsp3) is 0.625. The summed E-state index contributed by atoms with van der Waals surface area (Å²) in [7, 11) is 2.27. The average molecular weight is 297 g/mol. The molecule has 4 heteroatoms. The second-order valence-corrected chi connectivity index (χ2v) is 6.66. The molecule has 110 valence electrons. The highest BCUT2D eigenvalue weighted by molar-refractivity contribution is 6.31. The maximum absolute atomic E-state index is 13.0. The summed E-state index contributed by atoms with van der Waals surface area (Å²) < 4.78 is 13.0. The first-order valence-corrected chi connectivity index (χ1v) is 7.88. The Kier molecular flexibility index (Phi) is 4.29. The number of halogens is 2. The van der Waals surface area contributed by atoms with Gasteiger partial charge in [0.05, 0.1) is 0 Å². The predicted molar refractivity (Wildman–Crippen MR) is 80.4 cm³/mol. The minimum absolute atomic E-state index is 0.273. The molecule has 0 spiro atoms. The van der Waals surface area contributed by atoms with E-state index in [-0.39, 0.29) is 5.82 Å². The molecule has 1 N–H and O–H groups in total. The van der Waals surface area contributed by atoms with Crippen molar-refractivity contribution in [2.45, 2.75) is 44.3 Å². The van der Waals surface area contributed by atoms with Gasteiger partial charge in [-0.05, 0) is 62.9 Å². The van der Waals surface area contributed by atoms with Crippen LogP contribution in [0.1, 0.15) is 31.2 Å². The molecular formula is C16H22ClFN2. The fourth-order valence-electron chi connectivity index (χ4n) is 3.77. The van der Waals surface area contributed by atoms with Crippen molar-refractivity contribution in [2.24, 2.45) is 5.92 Å². The SMILES string of the molecule is CN1C2CCC1CC(CNCc1ccc(F)cc1Cl)C2. The smallest absolute Gasteiger partial charge is 0.124 e. The molecule has 0 saturated carbocycles. The molecule has 0 aromatic heterocycles. The maximum Gasteiger partial charge on any atom is 0.124 e. The first-order chi connectivity index (χ1) is 9.63. The Balaban J connectivity index is 1.49. The largest absolute Gasteiger partial charge is 0.312 e. The third-order valence-electron chi connectivity index (χ3n) is 4.96. The summed E-state index contributed by atoms with van der Waals surface area (Å²) in [5, 5.41) is 4.00. The molecule has 2 heterocycles. The summed E-state index contributed by atoms with van der Waals surface area (Å²) in [6, 6.07) is 6.20. The lowest BCUT2D eigenvalue weighted by atomic mass is 9.91. The van der Waals surface area contributed by atoms with Crippen molar-refractivity contribution in [2.75, 3.05) is 13.6 Å². The lowest BCUT2D eigenvalue weighted by molar-refractivity contribution is 0.133. The van der Waals surface area contributed by atoms with Crippen LogP contribution >= 0.6 is 11.6 Å². The maximum atomic E-state index is 13.0. The average Bonchev–Trinajstić information content (AvgIpc) is 2.64. The predicted octanol–water partition coefficient (Wildman–Crippen LogP) is 3.44. The Morgan fingerprint density at radius 3 is 2.65 bits per heavy atom. The van der Waals surface area contributed by atoms with Gasteiger partial charge < -0.3 is 10.2 Å². The van der Waals surface area contributed by atoms with E-state index in [0.717, 1.165) is 36.7 Å². The Morgan fingerprint density at radius 2 is 2.00 bits per heavy atom. The fourth-order valence-corrected chi connectivity index (χ4v) is 4.00. The number of fused-ring (bicyclic) bond motifs is 2. The number of nitrogens with one attached hydrogen (secondary N) is 1. The van der Waals surface area contributed by atoms with Crippen LogP contribution in [0, 0.1) is 11.7 Å². The number of benzene rings is 1. The Bertz CT molecular complexity index is 466. The number of piperidine rings is 1. The second kappa shape index (κ2) is 6.00. The van der Waals surface area contributed by atoms with E-state index < -0.39 is 0 Å². The molecule has 2 bridgehead atoms. The summed E-state index contributed by atoms with van der Waals surface area (Å²) in [4.78, 5) is 2.56. The van der Waals surface area contributed by atoms with Crippen LogP contribution in [0.2, 0.25) is 5.02 Å². The van der Waals surface area contributed by atoms with Crippen LogP contribution in [0.3, 0.4) is 0 Å². The van der Waals surface area contributed by atoms with Crippen molar-refractivity contribution in [3.05, 3.63) is 34.6 Å². The van der Waals surface area contributed by atoms with Crippen molar-refractivity contribution in [1.82, 2.24) is 10.2 Å². The van der Waals surface area contributed by atoms with Crippen molar-refractivity contribution < 1.29 is 4.39 Å². The van der Waals surface area contributed by atoms with Crippen LogP contribution in [0.25, 0.3) is 0 Å². The van der Waals surface area contributed by atoms with E-state index in [1.165, 1.54) is 37.8 Å². The molecule has 1 aromatic rings. The van der Waals surface area contributed by atoms with Crippen LogP contribution in [0.15, 0.2) is 18.2 Å². The van der Waals surface area contributed by atoms with E-state index in [0.29, 0.717) is 5.02 Å². The van der Waals surface area contributed by atoms with Gasteiger partial charge in [0.1, 0.15) is 5.82 Å². The minimum atomic E-state index is -0.273. The highest BCUT2D eigenvalue weighted by atomic mass is 35.5. The van der Waals surface area contributed by atoms with Gasteiger partial charge in [-0.3, -0.25) is 0 Å². The number of hydrogen-bond donors (Lipinski definition) is 1. The van der Waals surface area contributed by atoms with E-state index in [9.17, 15) is 4.39 Å². The molecule has 2 atom stereocenters. The Hall–Kier alpha value is -0.640. The molecule has 3 rings (SSSR count). The van der Waals surface area contributed by atoms with Gasteiger partial charge in [-0.2, -0.15) is 0 Å². The van der Waals surface area contributed by atoms with E-state index in [4.69, 9.17) is 11.6 Å². The van der Waals surface area contributed by atoms with Crippen molar-refractivity contribution in [3.63, 3.8) is 0 Å². The molecule has 0 aliphatic carbocycles. The molecule has 2 aliphatic heterocycles. The first kappa shape index (κ1) is 14.3. The van der Waals surface area contributed by atoms with Gasteiger partial charge in [-0.1, -0.05) is 17.7 Å². The number of nitrogens with zero attached hydrogens (tertiary/aromatic N) is 1. The van der Waals surface area contributed by atoms with E-state index in [2.05, 4.69) is 17.3 Å². The van der Waals surface area contributed by atoms with Crippen LogP contribution in [0.4, 0.5) is 4.39 Å². The van der Waals surface area contributed by atoms with Gasteiger partial charge in [0.25, 0.3) is 0 Å². The quantitative estimate of drug-likeness (QED) is 0.915. The van der Waals surface area contributed by atoms with Crippen molar-refractivity contribution >= 4 is 11.6 Å². The molecule has 0 amide bonds. The van der Waals surface area contributed by atoms with Crippen molar-refractivity contribution in [3.8, 4) is 0 Å². The zero-order valence-corrected chi connectivity index (χ0v) is 12.7. The second-order valence-electron chi connectivity index (χ2n) is 6.25. The molecular weight excluding hydrogens is 275 g/mol. The van der Waals surface area contributed by atoms with Crippen LogP contribution in [0.5, 0.6) is 0 Å². The molecule has 20 heavy (non-hydrogen) atoms. The lowest BCUT2D eigenvalue weighted by Crippen LogP contribution is -2.42. The molecule has 2 aliphatic rings. The molecule has 2 fully saturated rings. The molecule has 2 saturated heterocycles. The Labute approximate surface area is 125 Å². The van der Waals surface area contributed by atoms with E-state index >= 15 is 0 Å². The topological polar surface area (TPSA) is 15.3 Å². The summed E-state index contributed by atoms with van der Waals surface area (Å²) in [5.41, 5.74) is 0.976. The standard InChI is InChI=1S/C16H22ClFN2/c1-20-14-4-5-15(20)7-11(6-14)9-19-10-12-2-3-13(18)8-16(12)17/h2-3,8,11,14-15,19H,4-7,9-10H2,1H3. The summed E-state index contributed by atoms with van der Waals surface area (Å²) in [5.74, 6) is 0.494. The van der Waals surface area contributed by atoms with E-state index in [1.54, 1.807) is 6.07 Å². The van der Waals surface area contributed by atoms with Gasteiger partial charge in [0.2, 0.25) is 0 Å². The zero-order chi connectivity index (χ0) is 14.1. The van der Waals surface area contributed by atoms with E-state index in [1.807, 2.05) is 0 Å². The third-order valence-corrected chi connectivity index (χ3v) is 5.31. The van der Waals surface area contributed by atoms with Gasteiger partial charge in [-0.25, -0.2) is 4.39 Å². The van der Waals surface area contributed by atoms with Gasteiger partial charge in [0, 0.05) is 23.7 Å². The molecule has 1 aromatic carbocycles. The van der Waals surface area contributed by atoms with Gasteiger partial charge in [-0.15, -0.1) is 0 Å². The third kappa shape index (κ3) is 3.00. The molecule has 2 unspecified atom stereocenters.